The monoisotopic (exact) mass is 356 g/mol. The van der Waals surface area contributed by atoms with Crippen molar-refractivity contribution < 1.29 is 14.3 Å². The molecule has 0 saturated heterocycles. The second kappa shape index (κ2) is 9.50. The number of hydrogen-bond donors (Lipinski definition) is 1. The zero-order valence-electron chi connectivity index (χ0n) is 15.4. The maximum atomic E-state index is 11.7. The fourth-order valence-corrected chi connectivity index (χ4v) is 2.32. The molecule has 0 spiro atoms. The molecule has 2 rings (SSSR count). The quantitative estimate of drug-likeness (QED) is 0.731. The summed E-state index contributed by atoms with van der Waals surface area (Å²) in [6.07, 6.45) is 3.47. The van der Waals surface area contributed by atoms with Crippen molar-refractivity contribution in [2.45, 2.75) is 40.2 Å². The van der Waals surface area contributed by atoms with Gasteiger partial charge in [0.1, 0.15) is 6.61 Å². The van der Waals surface area contributed by atoms with E-state index >= 15 is 0 Å². The molecule has 7 heteroatoms. The summed E-state index contributed by atoms with van der Waals surface area (Å²) in [6, 6.07) is 9.75. The molecule has 0 fully saturated rings. The average Bonchev–Trinajstić information content (AvgIpc) is 2.61. The van der Waals surface area contributed by atoms with Crippen LogP contribution in [0.5, 0.6) is 5.75 Å². The van der Waals surface area contributed by atoms with E-state index in [4.69, 9.17) is 4.74 Å². The molecular weight excluding hydrogens is 332 g/mol. The van der Waals surface area contributed by atoms with Gasteiger partial charge in [0.25, 0.3) is 0 Å². The van der Waals surface area contributed by atoms with Crippen LogP contribution in [0.4, 0.5) is 11.8 Å². The third-order valence-corrected chi connectivity index (χ3v) is 3.63. The Morgan fingerprint density at radius 1 is 1.15 bits per heavy atom. The molecule has 7 nitrogen and oxygen atoms in total. The molecule has 0 saturated carbocycles. The first-order valence-electron chi connectivity index (χ1n) is 8.61. The maximum absolute atomic E-state index is 11.7. The number of hydrogen-bond acceptors (Lipinski definition) is 6. The fourth-order valence-electron chi connectivity index (χ4n) is 2.32. The number of amides is 2. The minimum Gasteiger partial charge on any atom is -0.483 e. The summed E-state index contributed by atoms with van der Waals surface area (Å²) in [5.41, 5.74) is 1.02. The van der Waals surface area contributed by atoms with Crippen LogP contribution >= 0.6 is 0 Å². The molecule has 1 N–H and O–H groups in total. The zero-order valence-corrected chi connectivity index (χ0v) is 15.4. The molecule has 2 amide bonds. The van der Waals surface area contributed by atoms with Crippen molar-refractivity contribution in [2.24, 2.45) is 0 Å². The molecule has 0 atom stereocenters. The van der Waals surface area contributed by atoms with E-state index in [2.05, 4.69) is 22.2 Å². The SMILES string of the molecule is CCCCNc1nc(N(C(C)=O)C(C)=O)ncc1OCc1ccccc1. The number of imide groups is 1. The standard InChI is InChI=1S/C19H24N4O3/c1-4-5-11-20-18-17(26-13-16-9-7-6-8-10-16)12-21-19(22-18)23(14(2)24)15(3)25/h6-10,12H,4-5,11,13H2,1-3H3,(H,20,21,22). The van der Waals surface area contributed by atoms with E-state index in [9.17, 15) is 9.59 Å². The fraction of sp³-hybridized carbons (Fsp3) is 0.368. The average molecular weight is 356 g/mol. The second-order valence-corrected chi connectivity index (χ2v) is 5.81. The molecule has 1 aromatic heterocycles. The van der Waals surface area contributed by atoms with Crippen LogP contribution in [0.1, 0.15) is 39.2 Å². The van der Waals surface area contributed by atoms with Crippen molar-refractivity contribution in [1.82, 2.24) is 9.97 Å². The van der Waals surface area contributed by atoms with Crippen LogP contribution in [0, 0.1) is 0 Å². The Balaban J connectivity index is 2.25. The number of carbonyl (C=O) groups is 2. The number of benzene rings is 1. The molecular formula is C19H24N4O3. The topological polar surface area (TPSA) is 84.4 Å². The molecule has 1 aromatic carbocycles. The number of unbranched alkanes of at least 4 members (excludes halogenated alkanes) is 1. The molecule has 2 aromatic rings. The van der Waals surface area contributed by atoms with E-state index in [0.717, 1.165) is 23.3 Å². The lowest BCUT2D eigenvalue weighted by Gasteiger charge is -2.18. The van der Waals surface area contributed by atoms with E-state index in [1.807, 2.05) is 30.3 Å². The minimum absolute atomic E-state index is 0.0380. The van der Waals surface area contributed by atoms with E-state index in [1.54, 1.807) is 0 Å². The molecule has 0 aliphatic rings. The van der Waals surface area contributed by atoms with Gasteiger partial charge < -0.3 is 10.1 Å². The number of aromatic nitrogens is 2. The highest BCUT2D eigenvalue weighted by atomic mass is 16.5. The van der Waals surface area contributed by atoms with Gasteiger partial charge in [-0.3, -0.25) is 9.59 Å². The van der Waals surface area contributed by atoms with Crippen molar-refractivity contribution in [3.8, 4) is 5.75 Å². The van der Waals surface area contributed by atoms with Gasteiger partial charge >= 0.3 is 0 Å². The van der Waals surface area contributed by atoms with E-state index in [1.165, 1.54) is 20.0 Å². The summed E-state index contributed by atoms with van der Waals surface area (Å²) in [6.45, 7) is 5.76. The Labute approximate surface area is 153 Å². The number of nitrogens with zero attached hydrogens (tertiary/aromatic N) is 3. The molecule has 0 bridgehead atoms. The highest BCUT2D eigenvalue weighted by Crippen LogP contribution is 2.25. The van der Waals surface area contributed by atoms with Gasteiger partial charge in [-0.15, -0.1) is 0 Å². The van der Waals surface area contributed by atoms with Gasteiger partial charge in [0.15, 0.2) is 11.6 Å². The number of ether oxygens (including phenoxy) is 1. The van der Waals surface area contributed by atoms with E-state index < -0.39 is 11.8 Å². The van der Waals surface area contributed by atoms with Gasteiger partial charge in [-0.2, -0.15) is 4.98 Å². The summed E-state index contributed by atoms with van der Waals surface area (Å²) >= 11 is 0. The Hall–Kier alpha value is -2.96. The second-order valence-electron chi connectivity index (χ2n) is 5.81. The van der Waals surface area contributed by atoms with Crippen LogP contribution < -0.4 is 15.0 Å². The van der Waals surface area contributed by atoms with Crippen LogP contribution in [0.2, 0.25) is 0 Å². The van der Waals surface area contributed by atoms with Crippen molar-refractivity contribution >= 4 is 23.6 Å². The summed E-state index contributed by atoms with van der Waals surface area (Å²) in [4.78, 5) is 32.9. The highest BCUT2D eigenvalue weighted by Gasteiger charge is 2.21. The molecule has 0 aliphatic heterocycles. The first kappa shape index (κ1) is 19.4. The summed E-state index contributed by atoms with van der Waals surface area (Å²) in [5, 5.41) is 3.20. The van der Waals surface area contributed by atoms with Crippen molar-refractivity contribution in [3.05, 3.63) is 42.1 Å². The smallest absolute Gasteiger partial charge is 0.241 e. The molecule has 0 unspecified atom stereocenters. The lowest BCUT2D eigenvalue weighted by molar-refractivity contribution is -0.124. The Kier molecular flexibility index (Phi) is 7.08. The normalized spacial score (nSPS) is 10.3. The summed E-state index contributed by atoms with van der Waals surface area (Å²) in [5.74, 6) is 0.105. The van der Waals surface area contributed by atoms with Gasteiger partial charge in [0.05, 0.1) is 6.20 Å². The molecule has 26 heavy (non-hydrogen) atoms. The number of carbonyl (C=O) groups excluding carboxylic acids is 2. The predicted molar refractivity (Wildman–Crippen MR) is 100 cm³/mol. The Morgan fingerprint density at radius 3 is 2.46 bits per heavy atom. The van der Waals surface area contributed by atoms with Crippen LogP contribution in [0.15, 0.2) is 36.5 Å². The maximum Gasteiger partial charge on any atom is 0.241 e. The van der Waals surface area contributed by atoms with Crippen LogP contribution in [0.25, 0.3) is 0 Å². The highest BCUT2D eigenvalue weighted by molar-refractivity contribution is 6.11. The molecule has 138 valence electrons. The summed E-state index contributed by atoms with van der Waals surface area (Å²) < 4.78 is 5.83. The van der Waals surface area contributed by atoms with Gasteiger partial charge in [0.2, 0.25) is 17.8 Å². The molecule has 0 aliphatic carbocycles. The van der Waals surface area contributed by atoms with Crippen LogP contribution in [-0.4, -0.2) is 28.3 Å². The van der Waals surface area contributed by atoms with E-state index in [-0.39, 0.29) is 5.95 Å². The van der Waals surface area contributed by atoms with Crippen molar-refractivity contribution in [2.75, 3.05) is 16.8 Å². The molecule has 1 heterocycles. The third-order valence-electron chi connectivity index (χ3n) is 3.63. The first-order valence-corrected chi connectivity index (χ1v) is 8.61. The number of nitrogens with one attached hydrogen (secondary N) is 1. The van der Waals surface area contributed by atoms with Gasteiger partial charge in [-0.1, -0.05) is 43.7 Å². The van der Waals surface area contributed by atoms with Gasteiger partial charge in [0, 0.05) is 20.4 Å². The van der Waals surface area contributed by atoms with E-state index in [0.29, 0.717) is 24.7 Å². The van der Waals surface area contributed by atoms with Gasteiger partial charge in [-0.05, 0) is 12.0 Å². The Morgan fingerprint density at radius 2 is 1.85 bits per heavy atom. The lowest BCUT2D eigenvalue weighted by Crippen LogP contribution is -2.34. The predicted octanol–water partition coefficient (Wildman–Crippen LogP) is 3.17. The summed E-state index contributed by atoms with van der Waals surface area (Å²) in [7, 11) is 0. The first-order chi connectivity index (χ1) is 12.5. The third kappa shape index (κ3) is 5.27. The van der Waals surface area contributed by atoms with Gasteiger partial charge in [-0.25, -0.2) is 9.88 Å². The number of anilines is 2. The number of rotatable bonds is 8. The Bertz CT molecular complexity index is 736. The minimum atomic E-state index is -0.435. The van der Waals surface area contributed by atoms with Crippen LogP contribution in [0.3, 0.4) is 0 Å². The lowest BCUT2D eigenvalue weighted by atomic mass is 10.2. The molecule has 0 radical (unpaired) electrons. The van der Waals surface area contributed by atoms with Crippen LogP contribution in [-0.2, 0) is 16.2 Å². The largest absolute Gasteiger partial charge is 0.483 e. The zero-order chi connectivity index (χ0) is 18.9. The van der Waals surface area contributed by atoms with Crippen molar-refractivity contribution in [3.63, 3.8) is 0 Å². The van der Waals surface area contributed by atoms with Crippen molar-refractivity contribution in [1.29, 1.82) is 0 Å².